The predicted molar refractivity (Wildman–Crippen MR) is 146 cm³/mol. The van der Waals surface area contributed by atoms with E-state index in [4.69, 9.17) is 28.4 Å². The van der Waals surface area contributed by atoms with Crippen LogP contribution in [0.1, 0.15) is 28.7 Å². The van der Waals surface area contributed by atoms with Crippen molar-refractivity contribution in [1.82, 2.24) is 4.72 Å². The molecule has 2 heterocycles. The second-order valence-corrected chi connectivity index (χ2v) is 12.2. The Labute approximate surface area is 239 Å². The average Bonchev–Trinajstić information content (AvgIpc) is 3.57. The first-order valence-electron chi connectivity index (χ1n) is 12.4. The van der Waals surface area contributed by atoms with Gasteiger partial charge in [-0.1, -0.05) is 12.1 Å². The fourth-order valence-corrected chi connectivity index (χ4v) is 8.16. The normalized spacial score (nSPS) is 22.8. The number of methoxy groups -OCH3 is 3. The van der Waals surface area contributed by atoms with E-state index >= 15 is 0 Å². The summed E-state index contributed by atoms with van der Waals surface area (Å²) in [6.07, 6.45) is 0. The molecule has 4 atom stereocenters. The second kappa shape index (κ2) is 10.2. The Bertz CT molecular complexity index is 1580. The molecule has 0 amide bonds. The van der Waals surface area contributed by atoms with Crippen molar-refractivity contribution in [3.05, 3.63) is 69.7 Å². The highest BCUT2D eigenvalue weighted by molar-refractivity contribution is 9.10. The Morgan fingerprint density at radius 3 is 2.17 bits per heavy atom. The van der Waals surface area contributed by atoms with E-state index in [-0.39, 0.29) is 18.3 Å². The largest absolute Gasteiger partial charge is 0.493 e. The van der Waals surface area contributed by atoms with Gasteiger partial charge in [0.05, 0.1) is 44.8 Å². The molecule has 1 N–H and O–H groups in total. The van der Waals surface area contributed by atoms with Crippen molar-refractivity contribution in [2.75, 3.05) is 34.7 Å². The smallest absolute Gasteiger partial charge is 0.310 e. The van der Waals surface area contributed by atoms with E-state index < -0.39 is 39.8 Å². The third-order valence-corrected chi connectivity index (χ3v) is 10.1. The van der Waals surface area contributed by atoms with Crippen LogP contribution in [-0.4, -0.2) is 49.1 Å². The molecule has 1 fully saturated rings. The lowest BCUT2D eigenvalue weighted by atomic mass is 9.65. The molecule has 3 aromatic rings. The second-order valence-electron chi connectivity index (χ2n) is 9.62. The molecule has 0 bridgehead atoms. The van der Waals surface area contributed by atoms with E-state index in [1.807, 2.05) is 6.07 Å². The standard InChI is InChI=1S/C28H26BrNO9S/c1-34-21-8-14(9-22(35-2)27(21)36-3)24-15-10-19-20(39-13-38-19)11-16(15)26(17-12-37-28(31)25(17)24)30-40(32,33)23-7-5-4-6-18(23)29/h4-11,17,24-26,30H,12-13H2,1-3H3/t17-,24+,25-,26+/m0/s1. The fraction of sp³-hybridized carbons (Fsp3) is 0.321. The van der Waals surface area contributed by atoms with Crippen molar-refractivity contribution in [3.8, 4) is 28.7 Å². The topological polar surface area (TPSA) is 119 Å². The summed E-state index contributed by atoms with van der Waals surface area (Å²) in [6, 6.07) is 13.0. The molecule has 12 heteroatoms. The van der Waals surface area contributed by atoms with Crippen LogP contribution in [0.4, 0.5) is 0 Å². The number of carbonyl (C=O) groups excluding carboxylic acids is 1. The zero-order chi connectivity index (χ0) is 28.2. The molecule has 1 aliphatic carbocycles. The van der Waals surface area contributed by atoms with E-state index in [2.05, 4.69) is 20.7 Å². The van der Waals surface area contributed by atoms with Crippen LogP contribution in [0, 0.1) is 11.8 Å². The number of benzene rings is 3. The van der Waals surface area contributed by atoms with Crippen molar-refractivity contribution < 1.29 is 41.6 Å². The Balaban J connectivity index is 1.55. The van der Waals surface area contributed by atoms with Gasteiger partial charge in [-0.2, -0.15) is 0 Å². The number of halogens is 1. The molecular weight excluding hydrogens is 606 g/mol. The van der Waals surface area contributed by atoms with E-state index in [9.17, 15) is 13.2 Å². The molecule has 0 aromatic heterocycles. The molecule has 0 saturated carbocycles. The highest BCUT2D eigenvalue weighted by atomic mass is 79.9. The molecule has 10 nitrogen and oxygen atoms in total. The summed E-state index contributed by atoms with van der Waals surface area (Å²) >= 11 is 3.35. The first kappa shape index (κ1) is 26.7. The molecule has 2 aliphatic heterocycles. The van der Waals surface area contributed by atoms with Crippen LogP contribution in [0.2, 0.25) is 0 Å². The Kier molecular flexibility index (Phi) is 6.79. The van der Waals surface area contributed by atoms with Gasteiger partial charge in [0.2, 0.25) is 22.6 Å². The number of hydrogen-bond donors (Lipinski definition) is 1. The van der Waals surface area contributed by atoms with Gasteiger partial charge in [0.1, 0.15) is 0 Å². The number of nitrogens with one attached hydrogen (secondary N) is 1. The quantitative estimate of drug-likeness (QED) is 0.383. The number of ether oxygens (including phenoxy) is 6. The number of esters is 1. The van der Waals surface area contributed by atoms with Gasteiger partial charge in [-0.3, -0.25) is 4.79 Å². The number of rotatable bonds is 7. The molecule has 6 rings (SSSR count). The van der Waals surface area contributed by atoms with Gasteiger partial charge >= 0.3 is 5.97 Å². The zero-order valence-corrected chi connectivity index (χ0v) is 24.2. The summed E-state index contributed by atoms with van der Waals surface area (Å²) in [4.78, 5) is 13.4. The van der Waals surface area contributed by atoms with E-state index in [1.54, 1.807) is 36.4 Å². The molecular formula is C28H26BrNO9S. The highest BCUT2D eigenvalue weighted by Crippen LogP contribution is 2.56. The third kappa shape index (κ3) is 4.25. The SMILES string of the molecule is COc1cc([C@@H]2c3cc4c(cc3[C@@H](NS(=O)(=O)c3ccccc3Br)[C@H]3COC(=O)[C@H]23)OCO4)cc(OC)c1OC. The number of sulfonamides is 1. The number of carbonyl (C=O) groups is 1. The minimum atomic E-state index is -4.01. The number of cyclic esters (lactones) is 1. The summed E-state index contributed by atoms with van der Waals surface area (Å²) < 4.78 is 64.2. The molecule has 40 heavy (non-hydrogen) atoms. The molecule has 0 radical (unpaired) electrons. The number of hydrogen-bond acceptors (Lipinski definition) is 9. The first-order valence-corrected chi connectivity index (χ1v) is 14.7. The molecule has 210 valence electrons. The van der Waals surface area contributed by atoms with Crippen molar-refractivity contribution in [1.29, 1.82) is 0 Å². The monoisotopic (exact) mass is 631 g/mol. The lowest BCUT2D eigenvalue weighted by molar-refractivity contribution is -0.141. The minimum Gasteiger partial charge on any atom is -0.493 e. The Morgan fingerprint density at radius 1 is 0.900 bits per heavy atom. The van der Waals surface area contributed by atoms with Crippen LogP contribution in [0.15, 0.2) is 57.9 Å². The van der Waals surface area contributed by atoms with Crippen LogP contribution in [0.3, 0.4) is 0 Å². The Hall–Kier alpha value is -3.48. The molecule has 0 unspecified atom stereocenters. The van der Waals surface area contributed by atoms with Gasteiger partial charge in [-0.25, -0.2) is 13.1 Å². The highest BCUT2D eigenvalue weighted by Gasteiger charge is 2.53. The van der Waals surface area contributed by atoms with Crippen molar-refractivity contribution >= 4 is 31.9 Å². The summed E-state index contributed by atoms with van der Waals surface area (Å²) in [6.45, 7) is 0.0801. The molecule has 3 aliphatic rings. The summed E-state index contributed by atoms with van der Waals surface area (Å²) in [5.74, 6) is 0.117. The first-order chi connectivity index (χ1) is 19.3. The predicted octanol–water partition coefficient (Wildman–Crippen LogP) is 4.16. The maximum atomic E-state index is 13.7. The van der Waals surface area contributed by atoms with Crippen LogP contribution in [0.5, 0.6) is 28.7 Å². The molecule has 0 spiro atoms. The van der Waals surface area contributed by atoms with Crippen molar-refractivity contribution in [2.24, 2.45) is 11.8 Å². The van der Waals surface area contributed by atoms with E-state index in [0.717, 1.165) is 5.56 Å². The summed E-state index contributed by atoms with van der Waals surface area (Å²) in [5.41, 5.74) is 2.09. The maximum Gasteiger partial charge on any atom is 0.310 e. The lowest BCUT2D eigenvalue weighted by Crippen LogP contribution is -2.42. The van der Waals surface area contributed by atoms with Crippen LogP contribution < -0.4 is 28.4 Å². The number of fused-ring (bicyclic) bond motifs is 3. The zero-order valence-electron chi connectivity index (χ0n) is 21.8. The third-order valence-electron chi connectivity index (χ3n) is 7.64. The lowest BCUT2D eigenvalue weighted by Gasteiger charge is -2.39. The van der Waals surface area contributed by atoms with Gasteiger partial charge in [0.25, 0.3) is 0 Å². The van der Waals surface area contributed by atoms with E-state index in [0.29, 0.717) is 44.3 Å². The fourth-order valence-electron chi connectivity index (χ4n) is 5.89. The molecule has 3 aromatic carbocycles. The van der Waals surface area contributed by atoms with Crippen LogP contribution >= 0.6 is 15.9 Å². The van der Waals surface area contributed by atoms with Crippen molar-refractivity contribution in [3.63, 3.8) is 0 Å². The van der Waals surface area contributed by atoms with Crippen molar-refractivity contribution in [2.45, 2.75) is 16.9 Å². The maximum absolute atomic E-state index is 13.7. The minimum absolute atomic E-state index is 0.0370. The average molecular weight is 632 g/mol. The van der Waals surface area contributed by atoms with Gasteiger partial charge in [-0.15, -0.1) is 0 Å². The molecule has 1 saturated heterocycles. The Morgan fingerprint density at radius 2 is 1.55 bits per heavy atom. The van der Waals surface area contributed by atoms with Gasteiger partial charge in [0, 0.05) is 16.3 Å². The summed E-state index contributed by atoms with van der Waals surface area (Å²) in [7, 11) is 0.550. The summed E-state index contributed by atoms with van der Waals surface area (Å²) in [5, 5.41) is 0. The van der Waals surface area contributed by atoms with E-state index in [1.165, 1.54) is 27.4 Å². The van der Waals surface area contributed by atoms with Gasteiger partial charge < -0.3 is 28.4 Å². The van der Waals surface area contributed by atoms with Crippen LogP contribution in [-0.2, 0) is 19.6 Å². The van der Waals surface area contributed by atoms with Gasteiger partial charge in [0.15, 0.2) is 23.0 Å². The van der Waals surface area contributed by atoms with Gasteiger partial charge in [-0.05, 0) is 69.0 Å². The van der Waals surface area contributed by atoms with Crippen LogP contribution in [0.25, 0.3) is 0 Å².